The standard InChI is InChI=1S/C16H22FN3O2/c1-3-16(2,9-10-21)20-14(22)8-7-13-18-12-6-4-5-11(17)15(12)19-13/h4-6,21H,3,7-10H2,1-2H3,(H,18,19)(H,20,22). The Bertz CT molecular complexity index is 656. The number of nitrogens with one attached hydrogen (secondary N) is 2. The van der Waals surface area contributed by atoms with Crippen LogP contribution in [0.2, 0.25) is 0 Å². The van der Waals surface area contributed by atoms with Crippen molar-refractivity contribution >= 4 is 16.9 Å². The minimum atomic E-state index is -0.397. The van der Waals surface area contributed by atoms with Crippen LogP contribution >= 0.6 is 0 Å². The largest absolute Gasteiger partial charge is 0.396 e. The van der Waals surface area contributed by atoms with Gasteiger partial charge < -0.3 is 15.4 Å². The number of hydrogen-bond acceptors (Lipinski definition) is 3. The molecule has 0 aliphatic heterocycles. The fourth-order valence-electron chi connectivity index (χ4n) is 2.37. The van der Waals surface area contributed by atoms with Crippen LogP contribution in [0.15, 0.2) is 18.2 Å². The molecule has 1 aromatic carbocycles. The zero-order valence-electron chi connectivity index (χ0n) is 12.9. The summed E-state index contributed by atoms with van der Waals surface area (Å²) in [5, 5.41) is 12.0. The number of para-hydroxylation sites is 1. The highest BCUT2D eigenvalue weighted by Gasteiger charge is 2.23. The van der Waals surface area contributed by atoms with Gasteiger partial charge in [-0.05, 0) is 31.9 Å². The third-order valence-electron chi connectivity index (χ3n) is 3.99. The van der Waals surface area contributed by atoms with Gasteiger partial charge in [0.25, 0.3) is 0 Å². The van der Waals surface area contributed by atoms with Crippen molar-refractivity contribution in [1.29, 1.82) is 0 Å². The van der Waals surface area contributed by atoms with Crippen LogP contribution in [0.25, 0.3) is 11.0 Å². The van der Waals surface area contributed by atoms with Crippen LogP contribution in [0.4, 0.5) is 4.39 Å². The van der Waals surface area contributed by atoms with Gasteiger partial charge in [0, 0.05) is 25.0 Å². The zero-order valence-corrected chi connectivity index (χ0v) is 12.9. The van der Waals surface area contributed by atoms with Crippen molar-refractivity contribution in [2.75, 3.05) is 6.61 Å². The molecule has 22 heavy (non-hydrogen) atoms. The number of aromatic nitrogens is 2. The number of nitrogens with zero attached hydrogens (tertiary/aromatic N) is 1. The smallest absolute Gasteiger partial charge is 0.220 e. The molecule has 0 aliphatic carbocycles. The maximum absolute atomic E-state index is 13.6. The Balaban J connectivity index is 1.96. The number of carbonyl (C=O) groups excluding carboxylic acids is 1. The molecule has 3 N–H and O–H groups in total. The van der Waals surface area contributed by atoms with Crippen LogP contribution < -0.4 is 5.32 Å². The predicted molar refractivity (Wildman–Crippen MR) is 82.9 cm³/mol. The van der Waals surface area contributed by atoms with Gasteiger partial charge in [-0.25, -0.2) is 9.37 Å². The third kappa shape index (κ3) is 3.82. The number of halogens is 1. The van der Waals surface area contributed by atoms with E-state index in [-0.39, 0.29) is 24.8 Å². The maximum atomic E-state index is 13.6. The van der Waals surface area contributed by atoms with E-state index in [1.54, 1.807) is 12.1 Å². The Morgan fingerprint density at radius 1 is 1.50 bits per heavy atom. The fourth-order valence-corrected chi connectivity index (χ4v) is 2.37. The molecule has 0 radical (unpaired) electrons. The number of benzene rings is 1. The third-order valence-corrected chi connectivity index (χ3v) is 3.99. The van der Waals surface area contributed by atoms with Crippen molar-refractivity contribution in [2.24, 2.45) is 0 Å². The van der Waals surface area contributed by atoms with Crippen molar-refractivity contribution in [3.8, 4) is 0 Å². The number of hydrogen-bond donors (Lipinski definition) is 3. The van der Waals surface area contributed by atoms with Gasteiger partial charge in [-0.2, -0.15) is 0 Å². The zero-order chi connectivity index (χ0) is 16.2. The quantitative estimate of drug-likeness (QED) is 0.734. The minimum absolute atomic E-state index is 0.0352. The summed E-state index contributed by atoms with van der Waals surface area (Å²) in [4.78, 5) is 19.2. The van der Waals surface area contributed by atoms with Crippen molar-refractivity contribution < 1.29 is 14.3 Å². The Morgan fingerprint density at radius 2 is 2.27 bits per heavy atom. The second-order valence-electron chi connectivity index (χ2n) is 5.76. The molecule has 2 rings (SSSR count). The van der Waals surface area contributed by atoms with Gasteiger partial charge in [-0.3, -0.25) is 4.79 Å². The van der Waals surface area contributed by atoms with Crippen LogP contribution in [0.1, 0.15) is 38.9 Å². The molecular weight excluding hydrogens is 285 g/mol. The first-order valence-electron chi connectivity index (χ1n) is 7.52. The summed E-state index contributed by atoms with van der Waals surface area (Å²) < 4.78 is 13.6. The summed E-state index contributed by atoms with van der Waals surface area (Å²) in [7, 11) is 0. The number of aryl methyl sites for hydroxylation is 1. The van der Waals surface area contributed by atoms with Crippen LogP contribution in [-0.2, 0) is 11.2 Å². The molecule has 0 saturated heterocycles. The van der Waals surface area contributed by atoms with Gasteiger partial charge in [-0.15, -0.1) is 0 Å². The lowest BCUT2D eigenvalue weighted by Crippen LogP contribution is -2.46. The number of aromatic amines is 1. The van der Waals surface area contributed by atoms with E-state index in [2.05, 4.69) is 15.3 Å². The van der Waals surface area contributed by atoms with Crippen LogP contribution in [-0.4, -0.2) is 33.1 Å². The lowest BCUT2D eigenvalue weighted by molar-refractivity contribution is -0.123. The Morgan fingerprint density at radius 3 is 2.91 bits per heavy atom. The van der Waals surface area contributed by atoms with Gasteiger partial charge in [0.15, 0.2) is 5.82 Å². The molecule has 1 unspecified atom stereocenters. The van der Waals surface area contributed by atoms with Gasteiger partial charge in [0.2, 0.25) is 5.91 Å². The second kappa shape index (κ2) is 6.87. The molecule has 120 valence electrons. The average molecular weight is 307 g/mol. The number of fused-ring (bicyclic) bond motifs is 1. The number of imidazole rings is 1. The van der Waals surface area contributed by atoms with Crippen molar-refractivity contribution in [1.82, 2.24) is 15.3 Å². The van der Waals surface area contributed by atoms with Crippen molar-refractivity contribution in [2.45, 2.75) is 45.1 Å². The molecule has 0 fully saturated rings. The second-order valence-corrected chi connectivity index (χ2v) is 5.76. The fraction of sp³-hybridized carbons (Fsp3) is 0.500. The number of H-pyrrole nitrogens is 1. The highest BCUT2D eigenvalue weighted by atomic mass is 19.1. The first-order valence-corrected chi connectivity index (χ1v) is 7.52. The monoisotopic (exact) mass is 307 g/mol. The number of aliphatic hydroxyl groups is 1. The number of carbonyl (C=O) groups is 1. The van der Waals surface area contributed by atoms with Gasteiger partial charge in [0.05, 0.1) is 5.52 Å². The summed E-state index contributed by atoms with van der Waals surface area (Å²) in [5.74, 6) is 0.125. The summed E-state index contributed by atoms with van der Waals surface area (Å²) in [6.45, 7) is 3.92. The van der Waals surface area contributed by atoms with Crippen LogP contribution in [0, 0.1) is 5.82 Å². The molecule has 0 bridgehead atoms. The minimum Gasteiger partial charge on any atom is -0.396 e. The molecule has 1 heterocycles. The summed E-state index contributed by atoms with van der Waals surface area (Å²) in [6.07, 6.45) is 1.95. The van der Waals surface area contributed by atoms with E-state index in [0.717, 1.165) is 6.42 Å². The first-order chi connectivity index (χ1) is 10.5. The number of amides is 1. The van der Waals surface area contributed by atoms with Crippen molar-refractivity contribution in [3.05, 3.63) is 29.8 Å². The molecule has 1 amide bonds. The first kappa shape index (κ1) is 16.4. The number of rotatable bonds is 7. The van der Waals surface area contributed by atoms with Gasteiger partial charge >= 0.3 is 0 Å². The summed E-state index contributed by atoms with van der Waals surface area (Å²) in [5.41, 5.74) is 0.539. The van der Waals surface area contributed by atoms with E-state index in [0.29, 0.717) is 29.7 Å². The lowest BCUT2D eigenvalue weighted by atomic mass is 9.94. The van der Waals surface area contributed by atoms with Gasteiger partial charge in [-0.1, -0.05) is 13.0 Å². The summed E-state index contributed by atoms with van der Waals surface area (Å²) >= 11 is 0. The molecule has 0 aliphatic rings. The predicted octanol–water partition coefficient (Wildman–Crippen LogP) is 2.30. The van der Waals surface area contributed by atoms with Gasteiger partial charge in [0.1, 0.15) is 11.3 Å². The van der Waals surface area contributed by atoms with E-state index in [1.165, 1.54) is 6.07 Å². The lowest BCUT2D eigenvalue weighted by Gasteiger charge is -2.29. The molecule has 0 spiro atoms. The maximum Gasteiger partial charge on any atom is 0.220 e. The molecule has 1 aromatic heterocycles. The molecule has 6 heteroatoms. The Hall–Kier alpha value is -1.95. The highest BCUT2D eigenvalue weighted by molar-refractivity contribution is 5.78. The molecule has 5 nitrogen and oxygen atoms in total. The van der Waals surface area contributed by atoms with E-state index in [9.17, 15) is 9.18 Å². The van der Waals surface area contributed by atoms with Crippen molar-refractivity contribution in [3.63, 3.8) is 0 Å². The average Bonchev–Trinajstić information content (AvgIpc) is 2.90. The van der Waals surface area contributed by atoms with E-state index < -0.39 is 5.54 Å². The van der Waals surface area contributed by atoms with Crippen LogP contribution in [0.3, 0.4) is 0 Å². The summed E-state index contributed by atoms with van der Waals surface area (Å²) in [6, 6.07) is 4.74. The van der Waals surface area contributed by atoms with E-state index in [4.69, 9.17) is 5.11 Å². The molecule has 0 saturated carbocycles. The van der Waals surface area contributed by atoms with E-state index in [1.807, 2.05) is 13.8 Å². The normalized spacial score (nSPS) is 14.0. The number of aliphatic hydroxyl groups excluding tert-OH is 1. The molecular formula is C16H22FN3O2. The molecule has 1 atom stereocenters. The Kier molecular flexibility index (Phi) is 5.13. The van der Waals surface area contributed by atoms with Crippen LogP contribution in [0.5, 0.6) is 0 Å². The molecule has 2 aromatic rings. The SMILES string of the molecule is CCC(C)(CCO)NC(=O)CCc1nc2c(F)cccc2[nH]1. The highest BCUT2D eigenvalue weighted by Crippen LogP contribution is 2.17. The van der Waals surface area contributed by atoms with E-state index >= 15 is 0 Å². The topological polar surface area (TPSA) is 78.0 Å². The Labute approximate surface area is 128 Å².